The minimum absolute atomic E-state index is 0.0208. The van der Waals surface area contributed by atoms with Crippen LogP contribution in [0.15, 0.2) is 18.7 Å². The van der Waals surface area contributed by atoms with Crippen LogP contribution in [-0.2, 0) is 20.9 Å². The van der Waals surface area contributed by atoms with Gasteiger partial charge in [-0.2, -0.15) is 0 Å². The van der Waals surface area contributed by atoms with Gasteiger partial charge in [-0.1, -0.05) is 0 Å². The number of aryl methyl sites for hydroxylation is 1. The SMILES string of the molecule is CCOC(=O)CCCNC(=O)CCn1ccnc1. The molecular weight excluding hydrogens is 234 g/mol. The number of imidazole rings is 1. The number of aromatic nitrogens is 2. The van der Waals surface area contributed by atoms with Crippen molar-refractivity contribution < 1.29 is 14.3 Å². The van der Waals surface area contributed by atoms with Crippen molar-refractivity contribution in [1.82, 2.24) is 14.9 Å². The third-order valence-electron chi connectivity index (χ3n) is 2.34. The van der Waals surface area contributed by atoms with E-state index >= 15 is 0 Å². The second-order valence-electron chi connectivity index (χ2n) is 3.81. The summed E-state index contributed by atoms with van der Waals surface area (Å²) in [4.78, 5) is 26.4. The van der Waals surface area contributed by atoms with Gasteiger partial charge in [-0.05, 0) is 13.3 Å². The Bertz CT molecular complexity index is 363. The van der Waals surface area contributed by atoms with Crippen molar-refractivity contribution in [3.63, 3.8) is 0 Å². The summed E-state index contributed by atoms with van der Waals surface area (Å²) in [6, 6.07) is 0. The van der Waals surface area contributed by atoms with Crippen LogP contribution in [0.2, 0.25) is 0 Å². The summed E-state index contributed by atoms with van der Waals surface area (Å²) < 4.78 is 6.63. The maximum absolute atomic E-state index is 11.4. The van der Waals surface area contributed by atoms with Gasteiger partial charge in [0.25, 0.3) is 0 Å². The Kier molecular flexibility index (Phi) is 6.53. The molecule has 0 fully saturated rings. The van der Waals surface area contributed by atoms with E-state index in [1.54, 1.807) is 19.4 Å². The van der Waals surface area contributed by atoms with Gasteiger partial charge < -0.3 is 14.6 Å². The largest absolute Gasteiger partial charge is 0.466 e. The van der Waals surface area contributed by atoms with Gasteiger partial charge in [-0.25, -0.2) is 4.98 Å². The fourth-order valence-electron chi connectivity index (χ4n) is 1.43. The van der Waals surface area contributed by atoms with Crippen LogP contribution in [0.1, 0.15) is 26.2 Å². The number of rotatable bonds is 8. The summed E-state index contributed by atoms with van der Waals surface area (Å²) in [5.41, 5.74) is 0. The quantitative estimate of drug-likeness (QED) is 0.547. The maximum Gasteiger partial charge on any atom is 0.305 e. The molecule has 6 heteroatoms. The molecule has 0 saturated heterocycles. The van der Waals surface area contributed by atoms with E-state index in [9.17, 15) is 9.59 Å². The first-order valence-electron chi connectivity index (χ1n) is 6.10. The topological polar surface area (TPSA) is 73.2 Å². The first kappa shape index (κ1) is 14.2. The maximum atomic E-state index is 11.4. The second-order valence-corrected chi connectivity index (χ2v) is 3.81. The van der Waals surface area contributed by atoms with Gasteiger partial charge in [-0.15, -0.1) is 0 Å². The first-order valence-corrected chi connectivity index (χ1v) is 6.10. The lowest BCUT2D eigenvalue weighted by atomic mass is 10.3. The van der Waals surface area contributed by atoms with Crippen LogP contribution in [0.4, 0.5) is 0 Å². The summed E-state index contributed by atoms with van der Waals surface area (Å²) in [6.07, 6.45) is 6.53. The van der Waals surface area contributed by atoms with Gasteiger partial charge in [0.1, 0.15) is 0 Å². The van der Waals surface area contributed by atoms with Crippen molar-refractivity contribution in [2.75, 3.05) is 13.2 Å². The van der Waals surface area contributed by atoms with Crippen LogP contribution in [-0.4, -0.2) is 34.6 Å². The Hall–Kier alpha value is -1.85. The third kappa shape index (κ3) is 6.03. The Morgan fingerprint density at radius 3 is 2.89 bits per heavy atom. The molecule has 0 aromatic carbocycles. The van der Waals surface area contributed by atoms with E-state index in [0.29, 0.717) is 39.0 Å². The second kappa shape index (κ2) is 8.27. The Morgan fingerprint density at radius 2 is 2.22 bits per heavy atom. The van der Waals surface area contributed by atoms with Gasteiger partial charge >= 0.3 is 5.97 Å². The molecule has 0 aliphatic rings. The van der Waals surface area contributed by atoms with Crippen LogP contribution in [0.5, 0.6) is 0 Å². The molecule has 6 nitrogen and oxygen atoms in total. The highest BCUT2D eigenvalue weighted by molar-refractivity contribution is 5.75. The van der Waals surface area contributed by atoms with Gasteiger partial charge in [0.2, 0.25) is 5.91 Å². The molecule has 1 heterocycles. The van der Waals surface area contributed by atoms with Crippen LogP contribution in [0, 0.1) is 0 Å². The molecule has 18 heavy (non-hydrogen) atoms. The average Bonchev–Trinajstić information content (AvgIpc) is 2.85. The molecule has 1 aromatic rings. The van der Waals surface area contributed by atoms with Gasteiger partial charge in [0, 0.05) is 38.3 Å². The summed E-state index contributed by atoms with van der Waals surface area (Å²) in [6.45, 7) is 3.29. The van der Waals surface area contributed by atoms with Crippen molar-refractivity contribution in [3.8, 4) is 0 Å². The van der Waals surface area contributed by atoms with Crippen molar-refractivity contribution in [1.29, 1.82) is 0 Å². The minimum Gasteiger partial charge on any atom is -0.466 e. The molecule has 1 N–H and O–H groups in total. The van der Waals surface area contributed by atoms with Crippen LogP contribution < -0.4 is 5.32 Å². The molecule has 0 spiro atoms. The number of nitrogens with one attached hydrogen (secondary N) is 1. The van der Waals surface area contributed by atoms with Gasteiger partial charge in [0.15, 0.2) is 0 Å². The van der Waals surface area contributed by atoms with Crippen LogP contribution in [0.25, 0.3) is 0 Å². The van der Waals surface area contributed by atoms with Crippen molar-refractivity contribution in [2.45, 2.75) is 32.7 Å². The van der Waals surface area contributed by atoms with E-state index in [4.69, 9.17) is 4.74 Å². The van der Waals surface area contributed by atoms with Gasteiger partial charge in [0.05, 0.1) is 12.9 Å². The molecule has 0 aliphatic heterocycles. The van der Waals surface area contributed by atoms with Crippen molar-refractivity contribution in [3.05, 3.63) is 18.7 Å². The van der Waals surface area contributed by atoms with Crippen molar-refractivity contribution in [2.24, 2.45) is 0 Å². The smallest absolute Gasteiger partial charge is 0.305 e. The standard InChI is InChI=1S/C12H19N3O3/c1-2-18-12(17)4-3-6-14-11(16)5-8-15-9-7-13-10-15/h7,9-10H,2-6,8H2,1H3,(H,14,16). The highest BCUT2D eigenvalue weighted by Gasteiger charge is 2.03. The number of nitrogens with zero attached hydrogens (tertiary/aromatic N) is 2. The van der Waals surface area contributed by atoms with Crippen LogP contribution >= 0.6 is 0 Å². The molecule has 1 amide bonds. The predicted molar refractivity (Wildman–Crippen MR) is 65.7 cm³/mol. The van der Waals surface area contributed by atoms with E-state index in [0.717, 1.165) is 0 Å². The average molecular weight is 253 g/mol. The Labute approximate surface area is 106 Å². The van der Waals surface area contributed by atoms with Crippen LogP contribution in [0.3, 0.4) is 0 Å². The summed E-state index contributed by atoms with van der Waals surface area (Å²) >= 11 is 0. The lowest BCUT2D eigenvalue weighted by molar-refractivity contribution is -0.143. The zero-order valence-corrected chi connectivity index (χ0v) is 10.6. The van der Waals surface area contributed by atoms with Crippen molar-refractivity contribution >= 4 is 11.9 Å². The molecule has 0 bridgehead atoms. The number of amides is 1. The number of ether oxygens (including phenoxy) is 1. The summed E-state index contributed by atoms with van der Waals surface area (Å²) in [5, 5.41) is 2.76. The summed E-state index contributed by atoms with van der Waals surface area (Å²) in [5.74, 6) is -0.238. The number of esters is 1. The molecule has 0 aliphatic carbocycles. The molecule has 0 atom stereocenters. The molecule has 0 unspecified atom stereocenters. The molecule has 1 rings (SSSR count). The zero-order chi connectivity index (χ0) is 13.2. The van der Waals surface area contributed by atoms with E-state index in [-0.39, 0.29) is 11.9 Å². The number of hydrogen-bond acceptors (Lipinski definition) is 4. The fourth-order valence-corrected chi connectivity index (χ4v) is 1.43. The lowest BCUT2D eigenvalue weighted by Gasteiger charge is -2.05. The molecular formula is C12H19N3O3. The number of carbonyl (C=O) groups is 2. The van der Waals surface area contributed by atoms with E-state index in [1.165, 1.54) is 0 Å². The normalized spacial score (nSPS) is 10.1. The summed E-state index contributed by atoms with van der Waals surface area (Å²) in [7, 11) is 0. The molecule has 0 radical (unpaired) electrons. The first-order chi connectivity index (χ1) is 8.72. The highest BCUT2D eigenvalue weighted by atomic mass is 16.5. The van der Waals surface area contributed by atoms with E-state index in [2.05, 4.69) is 10.3 Å². The molecule has 100 valence electrons. The molecule has 0 saturated carbocycles. The predicted octanol–water partition coefficient (Wildman–Crippen LogP) is 0.733. The Morgan fingerprint density at radius 1 is 1.39 bits per heavy atom. The highest BCUT2D eigenvalue weighted by Crippen LogP contribution is 1.93. The Balaban J connectivity index is 2.01. The fraction of sp³-hybridized carbons (Fsp3) is 0.583. The minimum atomic E-state index is -0.217. The van der Waals surface area contributed by atoms with E-state index < -0.39 is 0 Å². The zero-order valence-electron chi connectivity index (χ0n) is 10.6. The third-order valence-corrected chi connectivity index (χ3v) is 2.34. The van der Waals surface area contributed by atoms with E-state index in [1.807, 2.05) is 10.8 Å². The molecule has 1 aromatic heterocycles. The van der Waals surface area contributed by atoms with Gasteiger partial charge in [-0.3, -0.25) is 9.59 Å². The monoisotopic (exact) mass is 253 g/mol. The number of carbonyl (C=O) groups excluding carboxylic acids is 2. The number of hydrogen-bond donors (Lipinski definition) is 1. The lowest BCUT2D eigenvalue weighted by Crippen LogP contribution is -2.25.